The fourth-order valence-corrected chi connectivity index (χ4v) is 6.85. The zero-order valence-electron chi connectivity index (χ0n) is 31.5. The molecule has 3 aromatic heterocycles. The number of aromatic nitrogens is 4. The van der Waals surface area contributed by atoms with E-state index in [1.165, 1.54) is 0 Å². The number of fused-ring (bicyclic) bond motifs is 6. The van der Waals surface area contributed by atoms with Crippen molar-refractivity contribution in [2.24, 2.45) is 0 Å². The number of hydrogen-bond donors (Lipinski definition) is 0. The first kappa shape index (κ1) is 23.5. The highest BCUT2D eigenvalue weighted by Crippen LogP contribution is 2.40. The maximum Gasteiger partial charge on any atom is 0.164 e. The largest absolute Gasteiger partial charge is 0.456 e. The molecule has 5 heteroatoms. The number of para-hydroxylation sites is 2. The first-order valence-corrected chi connectivity index (χ1v) is 16.3. The van der Waals surface area contributed by atoms with E-state index in [2.05, 4.69) is 10.6 Å². The number of hydrogen-bond acceptors (Lipinski definition) is 4. The summed E-state index contributed by atoms with van der Waals surface area (Å²) < 4.78 is 51.2. The maximum atomic E-state index is 8.82. The van der Waals surface area contributed by atoms with Gasteiger partial charge in [-0.2, -0.15) is 0 Å². The highest BCUT2D eigenvalue weighted by molar-refractivity contribution is 6.14. The van der Waals surface area contributed by atoms with Gasteiger partial charge in [0.25, 0.3) is 0 Å². The van der Waals surface area contributed by atoms with Gasteiger partial charge in [0.15, 0.2) is 17.5 Å². The van der Waals surface area contributed by atoms with Crippen molar-refractivity contribution in [1.29, 1.82) is 0 Å². The molecule has 0 amide bonds. The van der Waals surface area contributed by atoms with E-state index in [1.807, 2.05) is 133 Å². The molecule has 0 aliphatic carbocycles. The van der Waals surface area contributed by atoms with Crippen molar-refractivity contribution < 1.29 is 11.3 Å². The van der Waals surface area contributed by atoms with Crippen LogP contribution in [0, 0.1) is 0 Å². The van der Waals surface area contributed by atoms with Crippen molar-refractivity contribution in [3.8, 4) is 51.0 Å². The molecule has 0 aliphatic heterocycles. The van der Waals surface area contributed by atoms with Gasteiger partial charge in [-0.05, 0) is 42.0 Å². The minimum atomic E-state index is -0.421. The lowest BCUT2D eigenvalue weighted by Gasteiger charge is -2.12. The van der Waals surface area contributed by atoms with Crippen LogP contribution in [0.5, 0.6) is 0 Å². The monoisotopic (exact) mass is 645 g/mol. The summed E-state index contributed by atoms with van der Waals surface area (Å²) in [5, 5.41) is 3.70. The molecule has 10 rings (SSSR count). The molecule has 234 valence electrons. The summed E-state index contributed by atoms with van der Waals surface area (Å²) in [6.45, 7) is 0. The van der Waals surface area contributed by atoms with Crippen molar-refractivity contribution in [2.45, 2.75) is 0 Å². The normalized spacial score (nSPS) is 13.0. The number of furan rings is 1. The van der Waals surface area contributed by atoms with Gasteiger partial charge in [-0.3, -0.25) is 0 Å². The van der Waals surface area contributed by atoms with Crippen molar-refractivity contribution in [3.05, 3.63) is 170 Å². The van der Waals surface area contributed by atoms with Gasteiger partial charge >= 0.3 is 0 Å². The van der Waals surface area contributed by atoms with E-state index < -0.39 is 6.04 Å². The topological polar surface area (TPSA) is 56.7 Å². The van der Waals surface area contributed by atoms with Crippen LogP contribution in [0.4, 0.5) is 0 Å². The molecule has 3 heterocycles. The Bertz CT molecular complexity index is 3070. The molecule has 0 saturated heterocycles. The van der Waals surface area contributed by atoms with Crippen LogP contribution in [-0.4, -0.2) is 19.5 Å². The molecule has 0 spiro atoms. The lowest BCUT2D eigenvalue weighted by Crippen LogP contribution is -2.00. The van der Waals surface area contributed by atoms with Crippen molar-refractivity contribution in [1.82, 2.24) is 19.5 Å². The van der Waals surface area contributed by atoms with Gasteiger partial charge in [-0.25, -0.2) is 15.0 Å². The van der Waals surface area contributed by atoms with E-state index in [9.17, 15) is 0 Å². The van der Waals surface area contributed by atoms with Gasteiger partial charge in [0.1, 0.15) is 11.2 Å². The average molecular weight is 646 g/mol. The number of rotatable bonds is 5. The summed E-state index contributed by atoms with van der Waals surface area (Å²) in [4.78, 5) is 14.6. The summed E-state index contributed by atoms with van der Waals surface area (Å²) in [5.74, 6) is 1.68. The molecule has 5 nitrogen and oxygen atoms in total. The van der Waals surface area contributed by atoms with Crippen LogP contribution in [-0.2, 0) is 0 Å². The Morgan fingerprint density at radius 2 is 1.12 bits per heavy atom. The molecule has 10 aromatic rings. The fourth-order valence-electron chi connectivity index (χ4n) is 6.85. The third kappa shape index (κ3) is 4.60. The molecular formula is C45H28N4O. The second kappa shape index (κ2) is 11.4. The second-order valence-corrected chi connectivity index (χ2v) is 12.1. The SMILES string of the molecule is [2H]c1c([2H])c([2H])c(-c2cccc3c4ccccc4n(-c4ccc5oc6cc(-c7nc(-c8ccccc8)nc(-c8ccccc8)n7)ccc6c5c4)c23)c([2H])c1[2H]. The Kier molecular flexibility index (Phi) is 5.35. The molecule has 0 bridgehead atoms. The lowest BCUT2D eigenvalue weighted by atomic mass is 10.0. The smallest absolute Gasteiger partial charge is 0.164 e. The van der Waals surface area contributed by atoms with Crippen LogP contribution in [0.15, 0.2) is 174 Å². The Labute approximate surface area is 294 Å². The molecule has 0 N–H and O–H groups in total. The quantitative estimate of drug-likeness (QED) is 0.187. The zero-order valence-corrected chi connectivity index (χ0v) is 26.5. The lowest BCUT2D eigenvalue weighted by molar-refractivity contribution is 0.669. The van der Waals surface area contributed by atoms with Crippen LogP contribution >= 0.6 is 0 Å². The second-order valence-electron chi connectivity index (χ2n) is 12.1. The predicted octanol–water partition coefficient (Wildman–Crippen LogP) is 11.5. The summed E-state index contributed by atoms with van der Waals surface area (Å²) in [5.41, 5.74) is 7.15. The van der Waals surface area contributed by atoms with Crippen molar-refractivity contribution in [3.63, 3.8) is 0 Å². The van der Waals surface area contributed by atoms with Gasteiger partial charge in [0, 0.05) is 49.5 Å². The van der Waals surface area contributed by atoms with Gasteiger partial charge in [0.05, 0.1) is 17.9 Å². The predicted molar refractivity (Wildman–Crippen MR) is 203 cm³/mol. The van der Waals surface area contributed by atoms with E-state index in [0.29, 0.717) is 34.2 Å². The first-order valence-electron chi connectivity index (χ1n) is 18.8. The minimum Gasteiger partial charge on any atom is -0.456 e. The van der Waals surface area contributed by atoms with Crippen LogP contribution in [0.3, 0.4) is 0 Å². The Balaban J connectivity index is 1.16. The average Bonchev–Trinajstić information content (AvgIpc) is 3.78. The number of nitrogens with zero attached hydrogens (tertiary/aromatic N) is 4. The highest BCUT2D eigenvalue weighted by atomic mass is 16.3. The fraction of sp³-hybridized carbons (Fsp3) is 0. The van der Waals surface area contributed by atoms with Crippen molar-refractivity contribution in [2.75, 3.05) is 0 Å². The van der Waals surface area contributed by atoms with E-state index in [-0.39, 0.29) is 29.7 Å². The highest BCUT2D eigenvalue weighted by Gasteiger charge is 2.19. The summed E-state index contributed by atoms with van der Waals surface area (Å²) in [6.07, 6.45) is 0. The van der Waals surface area contributed by atoms with Crippen LogP contribution in [0.1, 0.15) is 6.85 Å². The Morgan fingerprint density at radius 1 is 0.460 bits per heavy atom. The zero-order chi connectivity index (χ0) is 37.4. The van der Waals surface area contributed by atoms with Crippen LogP contribution in [0.25, 0.3) is 94.7 Å². The molecule has 0 atom stereocenters. The Hall–Kier alpha value is -6.85. The summed E-state index contributed by atoms with van der Waals surface area (Å²) in [6, 6.07) is 43.8. The van der Waals surface area contributed by atoms with Gasteiger partial charge in [-0.1, -0.05) is 133 Å². The summed E-state index contributed by atoms with van der Waals surface area (Å²) in [7, 11) is 0. The number of benzene rings is 7. The molecule has 0 saturated carbocycles. The van der Waals surface area contributed by atoms with Crippen molar-refractivity contribution >= 4 is 43.7 Å². The molecular weight excluding hydrogens is 613 g/mol. The molecule has 0 unspecified atom stereocenters. The van der Waals surface area contributed by atoms with E-state index in [1.54, 1.807) is 0 Å². The van der Waals surface area contributed by atoms with E-state index in [0.717, 1.165) is 55.0 Å². The van der Waals surface area contributed by atoms with Crippen LogP contribution in [0.2, 0.25) is 0 Å². The van der Waals surface area contributed by atoms with Crippen LogP contribution < -0.4 is 0 Å². The van der Waals surface area contributed by atoms with E-state index in [4.69, 9.17) is 26.2 Å². The van der Waals surface area contributed by atoms with Gasteiger partial charge in [0.2, 0.25) is 0 Å². The maximum absolute atomic E-state index is 8.82. The van der Waals surface area contributed by atoms with E-state index >= 15 is 0 Å². The molecule has 50 heavy (non-hydrogen) atoms. The third-order valence-electron chi connectivity index (χ3n) is 9.13. The summed E-state index contributed by atoms with van der Waals surface area (Å²) >= 11 is 0. The van der Waals surface area contributed by atoms with Gasteiger partial charge < -0.3 is 8.98 Å². The standard InChI is InChI=1S/C45H28N4O/c1-4-13-29(14-5-1)34-20-12-21-37-35-19-10-11-22-39(35)49(42(34)37)33-24-26-40-38(28-33)36-25-23-32(27-41(36)50-40)45-47-43(30-15-6-2-7-16-30)46-44(48-45)31-17-8-3-9-18-31/h1-28H/i1D,4D,5D,13D,14D. The third-order valence-corrected chi connectivity index (χ3v) is 9.13. The minimum absolute atomic E-state index is 0.159. The Morgan fingerprint density at radius 3 is 1.86 bits per heavy atom. The molecule has 0 radical (unpaired) electrons. The molecule has 0 fully saturated rings. The molecule has 7 aromatic carbocycles. The first-order chi connectivity index (χ1) is 26.9. The molecule has 0 aliphatic rings. The van der Waals surface area contributed by atoms with Gasteiger partial charge in [-0.15, -0.1) is 0 Å².